The van der Waals surface area contributed by atoms with Gasteiger partial charge in [-0.15, -0.1) is 11.6 Å². The predicted molar refractivity (Wildman–Crippen MR) is 112 cm³/mol. The number of benzene rings is 1. The van der Waals surface area contributed by atoms with Crippen LogP contribution in [0.5, 0.6) is 0 Å². The Kier molecular flexibility index (Phi) is 5.56. The molecular weight excluding hydrogens is 391 g/mol. The SMILES string of the molecule is CC(NC(=O)C[C@@]1(O)CC2C[C@H](c3ccnc4ccc(F)cc34)C[C@@H]2C1)[C@H](C)Cl. The molecule has 4 nitrogen and oxygen atoms in total. The van der Waals surface area contributed by atoms with E-state index in [1.807, 2.05) is 19.9 Å². The summed E-state index contributed by atoms with van der Waals surface area (Å²) in [4.78, 5) is 16.7. The number of carbonyl (C=O) groups excluding carboxylic acids is 1. The number of amides is 1. The fourth-order valence-corrected chi connectivity index (χ4v) is 5.45. The highest BCUT2D eigenvalue weighted by Gasteiger charge is 2.49. The van der Waals surface area contributed by atoms with Gasteiger partial charge in [-0.3, -0.25) is 9.78 Å². The van der Waals surface area contributed by atoms with Gasteiger partial charge >= 0.3 is 0 Å². The summed E-state index contributed by atoms with van der Waals surface area (Å²) in [6.07, 6.45) is 5.12. The number of nitrogens with zero attached hydrogens (tertiary/aromatic N) is 1. The summed E-state index contributed by atoms with van der Waals surface area (Å²) < 4.78 is 13.8. The van der Waals surface area contributed by atoms with E-state index >= 15 is 0 Å². The maximum atomic E-state index is 13.8. The highest BCUT2D eigenvalue weighted by molar-refractivity contribution is 6.20. The number of pyridine rings is 1. The Hall–Kier alpha value is -1.72. The van der Waals surface area contributed by atoms with Crippen LogP contribution in [0, 0.1) is 17.7 Å². The highest BCUT2D eigenvalue weighted by atomic mass is 35.5. The molecule has 1 amide bonds. The number of hydrogen-bond acceptors (Lipinski definition) is 3. The number of hydrogen-bond donors (Lipinski definition) is 2. The topological polar surface area (TPSA) is 62.2 Å². The van der Waals surface area contributed by atoms with Gasteiger partial charge in [-0.1, -0.05) is 0 Å². The number of rotatable bonds is 5. The number of alkyl halides is 1. The van der Waals surface area contributed by atoms with Gasteiger partial charge in [-0.05, 0) is 87.1 Å². The van der Waals surface area contributed by atoms with Crippen LogP contribution in [0.2, 0.25) is 0 Å². The zero-order chi connectivity index (χ0) is 20.8. The van der Waals surface area contributed by atoms with Gasteiger partial charge < -0.3 is 10.4 Å². The zero-order valence-corrected chi connectivity index (χ0v) is 17.6. The Morgan fingerprint density at radius 3 is 2.66 bits per heavy atom. The molecule has 0 saturated heterocycles. The van der Waals surface area contributed by atoms with E-state index < -0.39 is 5.60 Å². The van der Waals surface area contributed by atoms with Gasteiger partial charge in [0.2, 0.25) is 5.91 Å². The van der Waals surface area contributed by atoms with Crippen molar-refractivity contribution >= 4 is 28.4 Å². The maximum Gasteiger partial charge on any atom is 0.223 e. The average Bonchev–Trinajstić information content (AvgIpc) is 3.15. The lowest BCUT2D eigenvalue weighted by molar-refractivity contribution is -0.126. The van der Waals surface area contributed by atoms with Gasteiger partial charge in [-0.25, -0.2) is 4.39 Å². The van der Waals surface area contributed by atoms with Crippen LogP contribution >= 0.6 is 11.6 Å². The molecule has 2 aliphatic rings. The van der Waals surface area contributed by atoms with Gasteiger partial charge in [0.15, 0.2) is 0 Å². The Balaban J connectivity index is 1.43. The van der Waals surface area contributed by atoms with E-state index in [1.165, 1.54) is 6.07 Å². The molecule has 2 unspecified atom stereocenters. The Labute approximate surface area is 175 Å². The van der Waals surface area contributed by atoms with Crippen molar-refractivity contribution in [3.05, 3.63) is 41.8 Å². The summed E-state index contributed by atoms with van der Waals surface area (Å²) in [5, 5.41) is 14.6. The van der Waals surface area contributed by atoms with Gasteiger partial charge in [0.25, 0.3) is 0 Å². The highest BCUT2D eigenvalue weighted by Crippen LogP contribution is 2.55. The van der Waals surface area contributed by atoms with Crippen LogP contribution in [0.25, 0.3) is 10.9 Å². The lowest BCUT2D eigenvalue weighted by Gasteiger charge is -2.26. The van der Waals surface area contributed by atoms with Crippen molar-refractivity contribution in [3.63, 3.8) is 0 Å². The smallest absolute Gasteiger partial charge is 0.223 e. The van der Waals surface area contributed by atoms with Gasteiger partial charge in [0.1, 0.15) is 5.82 Å². The first-order chi connectivity index (χ1) is 13.7. The third-order valence-corrected chi connectivity index (χ3v) is 7.25. The van der Waals surface area contributed by atoms with Crippen LogP contribution in [-0.4, -0.2) is 33.0 Å². The molecule has 0 bridgehead atoms. The molecule has 0 spiro atoms. The zero-order valence-electron chi connectivity index (χ0n) is 16.9. The Morgan fingerprint density at radius 2 is 2.00 bits per heavy atom. The van der Waals surface area contributed by atoms with Crippen molar-refractivity contribution in [2.24, 2.45) is 11.8 Å². The molecule has 6 atom stereocenters. The third-order valence-electron chi connectivity index (χ3n) is 6.87. The number of nitrogens with one attached hydrogen (secondary N) is 1. The van der Waals surface area contributed by atoms with E-state index in [9.17, 15) is 14.3 Å². The summed E-state index contributed by atoms with van der Waals surface area (Å²) in [5.41, 5.74) is 1.03. The molecule has 4 rings (SSSR count). The summed E-state index contributed by atoms with van der Waals surface area (Å²) in [7, 11) is 0. The molecule has 1 heterocycles. The summed E-state index contributed by atoms with van der Waals surface area (Å²) in [6, 6.07) is 6.62. The largest absolute Gasteiger partial charge is 0.389 e. The number of carbonyl (C=O) groups is 1. The van der Waals surface area contributed by atoms with Crippen molar-refractivity contribution in [3.8, 4) is 0 Å². The first kappa shape index (κ1) is 20.5. The molecule has 1 aromatic heterocycles. The normalized spacial score (nSPS) is 30.9. The van der Waals surface area contributed by atoms with Crippen LogP contribution in [0.15, 0.2) is 30.5 Å². The monoisotopic (exact) mass is 418 g/mol. The van der Waals surface area contributed by atoms with Crippen LogP contribution in [0.1, 0.15) is 57.4 Å². The fourth-order valence-electron chi connectivity index (χ4n) is 5.38. The standard InChI is InChI=1S/C23H28ClFN2O2/c1-13(24)14(2)27-22(28)12-23(29)10-16-7-15(8-17(16)11-23)19-5-6-26-21-4-3-18(25)9-20(19)21/h3-6,9,13-17,29H,7-8,10-12H2,1-2H3,(H,27,28)/t13-,14?,15-,16?,17+,23+/m0/s1. The van der Waals surface area contributed by atoms with Gasteiger partial charge in [-0.2, -0.15) is 0 Å². The number of aliphatic hydroxyl groups is 1. The maximum absolute atomic E-state index is 13.8. The summed E-state index contributed by atoms with van der Waals surface area (Å²) >= 11 is 6.02. The summed E-state index contributed by atoms with van der Waals surface area (Å²) in [5.74, 6) is 0.733. The quantitative estimate of drug-likeness (QED) is 0.701. The molecule has 2 aromatic rings. The lowest BCUT2D eigenvalue weighted by atomic mass is 9.87. The van der Waals surface area contributed by atoms with E-state index in [2.05, 4.69) is 10.3 Å². The minimum absolute atomic E-state index is 0.126. The Bertz CT molecular complexity index is 905. The molecule has 29 heavy (non-hydrogen) atoms. The van der Waals surface area contributed by atoms with Crippen LogP contribution < -0.4 is 5.32 Å². The molecule has 2 fully saturated rings. The fraction of sp³-hybridized carbons (Fsp3) is 0.565. The third kappa shape index (κ3) is 4.26. The first-order valence-electron chi connectivity index (χ1n) is 10.4. The van der Waals surface area contributed by atoms with Crippen LogP contribution in [0.3, 0.4) is 0 Å². The molecular formula is C23H28ClFN2O2. The Morgan fingerprint density at radius 1 is 1.31 bits per heavy atom. The van der Waals surface area contributed by atoms with Gasteiger partial charge in [0, 0.05) is 17.6 Å². The molecule has 0 radical (unpaired) electrons. The van der Waals surface area contributed by atoms with E-state index in [-0.39, 0.29) is 29.6 Å². The molecule has 2 saturated carbocycles. The lowest BCUT2D eigenvalue weighted by Crippen LogP contribution is -2.42. The molecule has 2 N–H and O–H groups in total. The molecule has 156 valence electrons. The minimum Gasteiger partial charge on any atom is -0.389 e. The van der Waals surface area contributed by atoms with Crippen molar-refractivity contribution in [1.29, 1.82) is 0 Å². The molecule has 6 heteroatoms. The summed E-state index contributed by atoms with van der Waals surface area (Å²) in [6.45, 7) is 3.71. The van der Waals surface area contributed by atoms with Crippen molar-refractivity contribution in [1.82, 2.24) is 10.3 Å². The molecule has 0 aliphatic heterocycles. The first-order valence-corrected chi connectivity index (χ1v) is 10.9. The van der Waals surface area contributed by atoms with Gasteiger partial charge in [0.05, 0.1) is 22.9 Å². The van der Waals surface area contributed by atoms with Crippen molar-refractivity contribution in [2.75, 3.05) is 0 Å². The van der Waals surface area contributed by atoms with Crippen LogP contribution in [-0.2, 0) is 4.79 Å². The second kappa shape index (κ2) is 7.84. The van der Waals surface area contributed by atoms with Crippen molar-refractivity contribution < 1.29 is 14.3 Å². The number of fused-ring (bicyclic) bond motifs is 2. The average molecular weight is 419 g/mol. The van der Waals surface area contributed by atoms with E-state index in [0.717, 1.165) is 29.3 Å². The minimum atomic E-state index is -0.938. The van der Waals surface area contributed by atoms with Crippen LogP contribution in [0.4, 0.5) is 4.39 Å². The van der Waals surface area contributed by atoms with E-state index in [0.29, 0.717) is 30.6 Å². The number of halogens is 2. The van der Waals surface area contributed by atoms with Crippen molar-refractivity contribution in [2.45, 2.75) is 68.9 Å². The molecule has 1 aromatic carbocycles. The number of aromatic nitrogens is 1. The van der Waals surface area contributed by atoms with E-state index in [4.69, 9.17) is 11.6 Å². The predicted octanol–water partition coefficient (Wildman–Crippen LogP) is 4.53. The molecule has 2 aliphatic carbocycles. The second-order valence-electron chi connectivity index (χ2n) is 9.09. The second-order valence-corrected chi connectivity index (χ2v) is 9.78. The van der Waals surface area contributed by atoms with E-state index in [1.54, 1.807) is 18.3 Å².